The molecule has 0 aliphatic carbocycles. The molecule has 4 heterocycles. The van der Waals surface area contributed by atoms with E-state index >= 15 is 0 Å². The monoisotopic (exact) mass is 421 g/mol. The van der Waals surface area contributed by atoms with E-state index in [1.807, 2.05) is 4.90 Å². The number of benzene rings is 2. The molecule has 4 atom stereocenters. The van der Waals surface area contributed by atoms with Crippen LogP contribution in [-0.2, 0) is 19.9 Å². The van der Waals surface area contributed by atoms with Crippen molar-refractivity contribution in [1.29, 1.82) is 0 Å². The molecule has 0 aromatic heterocycles. The topological polar surface area (TPSA) is 79.0 Å². The lowest BCUT2D eigenvalue weighted by Crippen LogP contribution is -2.54. The minimum absolute atomic E-state index is 0.239. The molecule has 3 fully saturated rings. The maximum atomic E-state index is 14.3. The number of carbonyl (C=O) groups is 3. The molecule has 2 aromatic carbocycles. The van der Waals surface area contributed by atoms with Gasteiger partial charge in [-0.2, -0.15) is 0 Å². The highest BCUT2D eigenvalue weighted by atomic mass is 19.1. The molecule has 6 rings (SSSR count). The highest BCUT2D eigenvalue weighted by molar-refractivity contribution is 6.25. The summed E-state index contributed by atoms with van der Waals surface area (Å²) >= 11 is 0. The molecule has 1 spiro atoms. The van der Waals surface area contributed by atoms with Crippen LogP contribution in [0, 0.1) is 17.7 Å². The number of fused-ring (bicyclic) bond motifs is 7. The second-order valence-electron chi connectivity index (χ2n) is 8.53. The van der Waals surface area contributed by atoms with Crippen LogP contribution in [0.2, 0.25) is 0 Å². The van der Waals surface area contributed by atoms with Gasteiger partial charge in [0, 0.05) is 23.4 Å². The van der Waals surface area contributed by atoms with Crippen LogP contribution in [0.1, 0.15) is 18.4 Å². The number of anilines is 2. The fraction of sp³-hybridized carbons (Fsp3) is 0.348. The molecule has 4 aliphatic rings. The number of nitrogens with zero attached hydrogens (tertiary/aromatic N) is 2. The SMILES string of the molecule is COc1cccc(N2C(=O)C3C4CCCN4C4(C(=O)Nc5ccc(F)cc54)C3C2=O)c1. The Kier molecular flexibility index (Phi) is 3.66. The van der Waals surface area contributed by atoms with Gasteiger partial charge in [0.2, 0.25) is 17.7 Å². The van der Waals surface area contributed by atoms with Crippen molar-refractivity contribution in [2.75, 3.05) is 23.9 Å². The first kappa shape index (κ1) is 18.5. The third-order valence-electron chi connectivity index (χ3n) is 7.27. The molecule has 0 radical (unpaired) electrons. The largest absolute Gasteiger partial charge is 0.497 e. The standard InChI is InChI=1S/C23H20FN3O4/c1-31-14-5-2-4-13(11-14)27-20(28)18-17-6-3-9-26(17)23(19(18)21(27)29)15-10-12(24)7-8-16(15)25-22(23)30/h2,4-5,7-8,10-11,17-19H,3,6,9H2,1H3,(H,25,30). The van der Waals surface area contributed by atoms with Crippen molar-refractivity contribution in [2.24, 2.45) is 11.8 Å². The van der Waals surface area contributed by atoms with Crippen molar-refractivity contribution in [3.05, 3.63) is 53.8 Å². The van der Waals surface area contributed by atoms with E-state index in [1.165, 1.54) is 30.2 Å². The molecule has 4 aliphatic heterocycles. The predicted molar refractivity (Wildman–Crippen MR) is 109 cm³/mol. The van der Waals surface area contributed by atoms with Crippen LogP contribution in [0.4, 0.5) is 15.8 Å². The number of amides is 3. The molecule has 4 unspecified atom stereocenters. The predicted octanol–water partition coefficient (Wildman–Crippen LogP) is 2.27. The third kappa shape index (κ3) is 2.13. The Hall–Kier alpha value is -3.26. The zero-order chi connectivity index (χ0) is 21.5. The van der Waals surface area contributed by atoms with Gasteiger partial charge in [0.15, 0.2) is 0 Å². The van der Waals surface area contributed by atoms with Gasteiger partial charge in [-0.25, -0.2) is 9.29 Å². The molecule has 3 amide bonds. The van der Waals surface area contributed by atoms with Crippen molar-refractivity contribution in [3.8, 4) is 5.75 Å². The Morgan fingerprint density at radius 2 is 1.97 bits per heavy atom. The number of methoxy groups -OCH3 is 1. The number of rotatable bonds is 2. The summed E-state index contributed by atoms with van der Waals surface area (Å²) in [5, 5.41) is 2.84. The van der Waals surface area contributed by atoms with Gasteiger partial charge in [-0.1, -0.05) is 6.07 Å². The minimum Gasteiger partial charge on any atom is -0.497 e. The summed E-state index contributed by atoms with van der Waals surface area (Å²) in [5.41, 5.74) is -0.00600. The Morgan fingerprint density at radius 1 is 1.13 bits per heavy atom. The Morgan fingerprint density at radius 3 is 2.77 bits per heavy atom. The molecule has 31 heavy (non-hydrogen) atoms. The highest BCUT2D eigenvalue weighted by Gasteiger charge is 2.74. The van der Waals surface area contributed by atoms with Crippen molar-refractivity contribution in [1.82, 2.24) is 4.90 Å². The lowest BCUT2D eigenvalue weighted by molar-refractivity contribution is -0.135. The number of nitrogens with one attached hydrogen (secondary N) is 1. The summed E-state index contributed by atoms with van der Waals surface area (Å²) in [6.45, 7) is 0.584. The average Bonchev–Trinajstić information content (AvgIpc) is 3.46. The van der Waals surface area contributed by atoms with E-state index in [0.717, 1.165) is 6.42 Å². The van der Waals surface area contributed by atoms with Crippen LogP contribution in [0.5, 0.6) is 5.75 Å². The molecular weight excluding hydrogens is 401 g/mol. The van der Waals surface area contributed by atoms with Gasteiger partial charge in [-0.15, -0.1) is 0 Å². The highest BCUT2D eigenvalue weighted by Crippen LogP contribution is 2.60. The van der Waals surface area contributed by atoms with Crippen molar-refractivity contribution in [2.45, 2.75) is 24.4 Å². The quantitative estimate of drug-likeness (QED) is 0.753. The molecule has 7 nitrogen and oxygen atoms in total. The fourth-order valence-corrected chi connectivity index (χ4v) is 6.18. The lowest BCUT2D eigenvalue weighted by atomic mass is 9.75. The summed E-state index contributed by atoms with van der Waals surface area (Å²) in [4.78, 5) is 44.0. The van der Waals surface area contributed by atoms with E-state index in [4.69, 9.17) is 4.74 Å². The first-order valence-electron chi connectivity index (χ1n) is 10.4. The molecule has 3 saturated heterocycles. The van der Waals surface area contributed by atoms with E-state index < -0.39 is 29.1 Å². The van der Waals surface area contributed by atoms with Gasteiger partial charge in [0.25, 0.3) is 0 Å². The maximum Gasteiger partial charge on any atom is 0.250 e. The Balaban J connectivity index is 1.55. The summed E-state index contributed by atoms with van der Waals surface area (Å²) in [6.07, 6.45) is 1.53. The summed E-state index contributed by atoms with van der Waals surface area (Å²) < 4.78 is 19.5. The van der Waals surface area contributed by atoms with Gasteiger partial charge in [0.05, 0.1) is 24.6 Å². The van der Waals surface area contributed by atoms with Crippen molar-refractivity contribution in [3.63, 3.8) is 0 Å². The fourth-order valence-electron chi connectivity index (χ4n) is 6.18. The number of hydrogen-bond donors (Lipinski definition) is 1. The van der Waals surface area contributed by atoms with Crippen LogP contribution >= 0.6 is 0 Å². The third-order valence-corrected chi connectivity index (χ3v) is 7.27. The van der Waals surface area contributed by atoms with E-state index in [0.29, 0.717) is 35.7 Å². The first-order chi connectivity index (χ1) is 15.0. The number of imide groups is 1. The van der Waals surface area contributed by atoms with Crippen LogP contribution in [0.3, 0.4) is 0 Å². The first-order valence-corrected chi connectivity index (χ1v) is 10.4. The van der Waals surface area contributed by atoms with Crippen molar-refractivity contribution >= 4 is 29.1 Å². The number of ether oxygens (including phenoxy) is 1. The van der Waals surface area contributed by atoms with Gasteiger partial charge >= 0.3 is 0 Å². The molecule has 8 heteroatoms. The van der Waals surface area contributed by atoms with Gasteiger partial charge in [0.1, 0.15) is 17.1 Å². The van der Waals surface area contributed by atoms with Crippen LogP contribution in [0.15, 0.2) is 42.5 Å². The van der Waals surface area contributed by atoms with Gasteiger partial charge in [-0.05, 0) is 49.7 Å². The van der Waals surface area contributed by atoms with Crippen LogP contribution < -0.4 is 15.0 Å². The second-order valence-corrected chi connectivity index (χ2v) is 8.53. The smallest absolute Gasteiger partial charge is 0.250 e. The van der Waals surface area contributed by atoms with Gasteiger partial charge < -0.3 is 10.1 Å². The van der Waals surface area contributed by atoms with E-state index in [9.17, 15) is 18.8 Å². The maximum absolute atomic E-state index is 14.3. The lowest BCUT2D eigenvalue weighted by Gasteiger charge is -2.36. The summed E-state index contributed by atoms with van der Waals surface area (Å²) in [5.74, 6) is -2.60. The molecule has 0 bridgehead atoms. The Bertz CT molecular complexity index is 1170. The van der Waals surface area contributed by atoms with Gasteiger partial charge in [-0.3, -0.25) is 19.3 Å². The number of halogens is 1. The van der Waals surface area contributed by atoms with E-state index in [-0.39, 0.29) is 17.9 Å². The average molecular weight is 421 g/mol. The Labute approximate surface area is 177 Å². The molecule has 1 N–H and O–H groups in total. The second kappa shape index (κ2) is 6.13. The molecule has 2 aromatic rings. The summed E-state index contributed by atoms with van der Waals surface area (Å²) in [6, 6.07) is 10.7. The normalized spacial score (nSPS) is 31.2. The molecule has 0 saturated carbocycles. The van der Waals surface area contributed by atoms with E-state index in [2.05, 4.69) is 5.32 Å². The number of hydrogen-bond acceptors (Lipinski definition) is 5. The van der Waals surface area contributed by atoms with Crippen LogP contribution in [0.25, 0.3) is 0 Å². The summed E-state index contributed by atoms with van der Waals surface area (Å²) in [7, 11) is 1.52. The van der Waals surface area contributed by atoms with E-state index in [1.54, 1.807) is 24.3 Å². The zero-order valence-corrected chi connectivity index (χ0v) is 16.8. The zero-order valence-electron chi connectivity index (χ0n) is 16.8. The minimum atomic E-state index is -1.37. The molecular formula is C23H20FN3O4. The number of carbonyl (C=O) groups excluding carboxylic acids is 3. The molecule has 158 valence electrons. The van der Waals surface area contributed by atoms with Crippen LogP contribution in [-0.4, -0.2) is 42.3 Å². The van der Waals surface area contributed by atoms with Crippen molar-refractivity contribution < 1.29 is 23.5 Å².